The first-order chi connectivity index (χ1) is 10.2. The van der Waals surface area contributed by atoms with Crippen molar-refractivity contribution in [1.82, 2.24) is 4.90 Å². The number of nitrogens with zero attached hydrogens (tertiary/aromatic N) is 1. The van der Waals surface area contributed by atoms with E-state index < -0.39 is 0 Å². The molecule has 1 fully saturated rings. The minimum absolute atomic E-state index is 0.311. The quantitative estimate of drug-likeness (QED) is 0.918. The highest BCUT2D eigenvalue weighted by molar-refractivity contribution is 5.45. The normalized spacial score (nSPS) is 26.8. The van der Waals surface area contributed by atoms with Crippen molar-refractivity contribution in [2.45, 2.75) is 38.0 Å². The molecular formula is C16H24N2O3. The summed E-state index contributed by atoms with van der Waals surface area (Å²) in [6, 6.07) is 6.87. The summed E-state index contributed by atoms with van der Waals surface area (Å²) >= 11 is 0. The summed E-state index contributed by atoms with van der Waals surface area (Å²) in [5.41, 5.74) is 7.22. The van der Waals surface area contributed by atoms with Gasteiger partial charge in [-0.05, 0) is 37.5 Å². The van der Waals surface area contributed by atoms with E-state index in [0.717, 1.165) is 30.9 Å². The zero-order valence-electron chi connectivity index (χ0n) is 12.7. The molecule has 5 heteroatoms. The Morgan fingerprint density at radius 1 is 1.38 bits per heavy atom. The number of methoxy groups -OCH3 is 1. The van der Waals surface area contributed by atoms with Gasteiger partial charge in [-0.15, -0.1) is 0 Å². The van der Waals surface area contributed by atoms with Crippen molar-refractivity contribution in [2.24, 2.45) is 5.73 Å². The van der Waals surface area contributed by atoms with Gasteiger partial charge in [0, 0.05) is 32.3 Å². The molecule has 1 aromatic carbocycles. The van der Waals surface area contributed by atoms with Gasteiger partial charge in [0.25, 0.3) is 0 Å². The number of benzene rings is 1. The third-order valence-corrected chi connectivity index (χ3v) is 4.70. The molecule has 116 valence electrons. The molecule has 0 spiro atoms. The van der Waals surface area contributed by atoms with E-state index in [-0.39, 0.29) is 0 Å². The summed E-state index contributed by atoms with van der Waals surface area (Å²) in [7, 11) is 1.79. The lowest BCUT2D eigenvalue weighted by atomic mass is 9.95. The summed E-state index contributed by atoms with van der Waals surface area (Å²) in [5, 5.41) is 0. The average molecular weight is 292 g/mol. The van der Waals surface area contributed by atoms with E-state index in [9.17, 15) is 0 Å². The fraction of sp³-hybridized carbons (Fsp3) is 0.625. The molecule has 1 saturated heterocycles. The van der Waals surface area contributed by atoms with Crippen LogP contribution in [0.3, 0.4) is 0 Å². The molecule has 0 bridgehead atoms. The Labute approximate surface area is 126 Å². The number of fused-ring (bicyclic) bond motifs is 1. The van der Waals surface area contributed by atoms with Crippen LogP contribution in [-0.4, -0.2) is 44.0 Å². The van der Waals surface area contributed by atoms with Gasteiger partial charge in [-0.3, -0.25) is 4.90 Å². The van der Waals surface area contributed by atoms with Crippen LogP contribution < -0.4 is 15.2 Å². The van der Waals surface area contributed by atoms with Crippen LogP contribution in [0.2, 0.25) is 0 Å². The molecular weight excluding hydrogens is 268 g/mol. The SMILES string of the molecule is COC1CCN(C(C)c2ccc3c(c2)OCO3)C(CN)C1. The number of piperidine rings is 1. The van der Waals surface area contributed by atoms with Gasteiger partial charge in [0.15, 0.2) is 11.5 Å². The Morgan fingerprint density at radius 3 is 2.95 bits per heavy atom. The molecule has 3 unspecified atom stereocenters. The highest BCUT2D eigenvalue weighted by Crippen LogP contribution is 2.36. The van der Waals surface area contributed by atoms with Gasteiger partial charge in [-0.1, -0.05) is 6.07 Å². The number of ether oxygens (including phenoxy) is 3. The second kappa shape index (κ2) is 6.22. The lowest BCUT2D eigenvalue weighted by Gasteiger charge is -2.42. The third-order valence-electron chi connectivity index (χ3n) is 4.70. The minimum Gasteiger partial charge on any atom is -0.454 e. The van der Waals surface area contributed by atoms with Crippen LogP contribution in [-0.2, 0) is 4.74 Å². The lowest BCUT2D eigenvalue weighted by molar-refractivity contribution is -0.00166. The second-order valence-corrected chi connectivity index (χ2v) is 5.80. The predicted octanol–water partition coefficient (Wildman–Crippen LogP) is 1.91. The maximum absolute atomic E-state index is 5.97. The smallest absolute Gasteiger partial charge is 0.231 e. The topological polar surface area (TPSA) is 57.0 Å². The monoisotopic (exact) mass is 292 g/mol. The second-order valence-electron chi connectivity index (χ2n) is 5.80. The first-order valence-electron chi connectivity index (χ1n) is 7.61. The Bertz CT molecular complexity index is 494. The molecule has 0 saturated carbocycles. The van der Waals surface area contributed by atoms with E-state index in [0.29, 0.717) is 31.5 Å². The molecule has 2 aliphatic rings. The number of hydrogen-bond acceptors (Lipinski definition) is 5. The van der Waals surface area contributed by atoms with Gasteiger partial charge >= 0.3 is 0 Å². The molecule has 0 aromatic heterocycles. The van der Waals surface area contributed by atoms with E-state index in [1.807, 2.05) is 6.07 Å². The summed E-state index contributed by atoms with van der Waals surface area (Å²) < 4.78 is 16.4. The Kier molecular flexibility index (Phi) is 4.33. The zero-order chi connectivity index (χ0) is 14.8. The number of hydrogen-bond donors (Lipinski definition) is 1. The largest absolute Gasteiger partial charge is 0.454 e. The molecule has 21 heavy (non-hydrogen) atoms. The van der Waals surface area contributed by atoms with Crippen molar-refractivity contribution in [1.29, 1.82) is 0 Å². The van der Waals surface area contributed by atoms with Crippen LogP contribution in [0, 0.1) is 0 Å². The molecule has 0 radical (unpaired) electrons. The standard InChI is InChI=1S/C16H24N2O3/c1-11(12-3-4-15-16(7-12)21-10-20-15)18-6-5-14(19-2)8-13(18)9-17/h3-4,7,11,13-14H,5-6,8-10,17H2,1-2H3. The number of nitrogens with two attached hydrogens (primary N) is 1. The van der Waals surface area contributed by atoms with Crippen molar-refractivity contribution in [3.05, 3.63) is 23.8 Å². The maximum atomic E-state index is 5.97. The molecule has 2 N–H and O–H groups in total. The summed E-state index contributed by atoms with van der Waals surface area (Å²) in [5.74, 6) is 1.68. The first-order valence-corrected chi connectivity index (χ1v) is 7.61. The maximum Gasteiger partial charge on any atom is 0.231 e. The molecule has 0 aliphatic carbocycles. The van der Waals surface area contributed by atoms with Crippen LogP contribution in [0.4, 0.5) is 0 Å². The van der Waals surface area contributed by atoms with Gasteiger partial charge in [-0.25, -0.2) is 0 Å². The van der Waals surface area contributed by atoms with Crippen molar-refractivity contribution >= 4 is 0 Å². The number of likely N-dealkylation sites (tertiary alicyclic amines) is 1. The molecule has 3 rings (SSSR count). The van der Waals surface area contributed by atoms with E-state index in [4.69, 9.17) is 19.9 Å². The van der Waals surface area contributed by atoms with Crippen LogP contribution in [0.25, 0.3) is 0 Å². The molecule has 2 aliphatic heterocycles. The Balaban J connectivity index is 1.76. The van der Waals surface area contributed by atoms with Crippen LogP contribution in [0.5, 0.6) is 11.5 Å². The van der Waals surface area contributed by atoms with E-state index in [1.165, 1.54) is 5.56 Å². The van der Waals surface area contributed by atoms with Crippen LogP contribution >= 0.6 is 0 Å². The van der Waals surface area contributed by atoms with Gasteiger partial charge in [-0.2, -0.15) is 0 Å². The first kappa shape index (κ1) is 14.6. The summed E-state index contributed by atoms with van der Waals surface area (Å²) in [6.45, 7) is 4.22. The highest BCUT2D eigenvalue weighted by atomic mass is 16.7. The van der Waals surface area contributed by atoms with Gasteiger partial charge < -0.3 is 19.9 Å². The van der Waals surface area contributed by atoms with Gasteiger partial charge in [0.1, 0.15) is 0 Å². The number of rotatable bonds is 4. The highest BCUT2D eigenvalue weighted by Gasteiger charge is 2.31. The van der Waals surface area contributed by atoms with E-state index in [2.05, 4.69) is 24.0 Å². The van der Waals surface area contributed by atoms with E-state index in [1.54, 1.807) is 7.11 Å². The lowest BCUT2D eigenvalue weighted by Crippen LogP contribution is -2.49. The van der Waals surface area contributed by atoms with Crippen LogP contribution in [0.1, 0.15) is 31.4 Å². The van der Waals surface area contributed by atoms with Crippen molar-refractivity contribution < 1.29 is 14.2 Å². The summed E-state index contributed by atoms with van der Waals surface area (Å²) in [4.78, 5) is 2.48. The van der Waals surface area contributed by atoms with Gasteiger partial charge in [0.2, 0.25) is 6.79 Å². The zero-order valence-corrected chi connectivity index (χ0v) is 12.7. The molecule has 3 atom stereocenters. The molecule has 5 nitrogen and oxygen atoms in total. The van der Waals surface area contributed by atoms with Crippen LogP contribution in [0.15, 0.2) is 18.2 Å². The molecule has 2 heterocycles. The van der Waals surface area contributed by atoms with E-state index >= 15 is 0 Å². The fourth-order valence-corrected chi connectivity index (χ4v) is 3.35. The molecule has 1 aromatic rings. The van der Waals surface area contributed by atoms with Crippen molar-refractivity contribution in [3.63, 3.8) is 0 Å². The predicted molar refractivity (Wildman–Crippen MR) is 80.6 cm³/mol. The van der Waals surface area contributed by atoms with Gasteiger partial charge in [0.05, 0.1) is 6.10 Å². The Morgan fingerprint density at radius 2 is 2.19 bits per heavy atom. The minimum atomic E-state index is 0.311. The van der Waals surface area contributed by atoms with Crippen molar-refractivity contribution in [3.8, 4) is 11.5 Å². The molecule has 0 amide bonds. The third kappa shape index (κ3) is 2.86. The Hall–Kier alpha value is -1.30. The fourth-order valence-electron chi connectivity index (χ4n) is 3.35. The summed E-state index contributed by atoms with van der Waals surface area (Å²) in [6.07, 6.45) is 2.39. The van der Waals surface area contributed by atoms with Crippen molar-refractivity contribution in [2.75, 3.05) is 27.0 Å². The average Bonchev–Trinajstić information content (AvgIpc) is 3.01.